The summed E-state index contributed by atoms with van der Waals surface area (Å²) in [5.74, 6) is 0.701. The Bertz CT molecular complexity index is 987. The van der Waals surface area contributed by atoms with Gasteiger partial charge in [-0.25, -0.2) is 0 Å². The molecule has 1 amide bonds. The number of methoxy groups -OCH3 is 1. The third-order valence-corrected chi connectivity index (χ3v) is 6.42. The fourth-order valence-corrected chi connectivity index (χ4v) is 5.05. The van der Waals surface area contributed by atoms with Crippen LogP contribution in [0.3, 0.4) is 0 Å². The first-order valence-corrected chi connectivity index (χ1v) is 10.8. The van der Waals surface area contributed by atoms with Gasteiger partial charge in [0.15, 0.2) is 0 Å². The van der Waals surface area contributed by atoms with Gasteiger partial charge < -0.3 is 14.6 Å². The zero-order valence-corrected chi connectivity index (χ0v) is 18.6. The summed E-state index contributed by atoms with van der Waals surface area (Å²) in [4.78, 5) is 27.1. The summed E-state index contributed by atoms with van der Waals surface area (Å²) in [5, 5.41) is 2.89. The lowest BCUT2D eigenvalue weighted by molar-refractivity contribution is 0.0586. The SMILES string of the molecule is COc1ccc(C(=O)NC(N2C[C@H]3C[C@H](C2)c2cccc(=O)n2C3)C(Cl)(Cl)Cl)cc1. The standard InChI is InChI=1S/C21H22Cl3N3O3/c1-30-16-7-5-14(6-8-16)19(29)25-20(21(22,23)24)26-10-13-9-15(12-26)17-3-2-4-18(28)27(17)11-13/h2-8,13,15,20H,9-12H2,1H3,(H,25,29)/t13-,15-,20?/m1/s1. The number of hydrogen-bond donors (Lipinski definition) is 1. The highest BCUT2D eigenvalue weighted by Crippen LogP contribution is 2.40. The molecule has 6 nitrogen and oxygen atoms in total. The topological polar surface area (TPSA) is 63.6 Å². The minimum Gasteiger partial charge on any atom is -0.497 e. The second kappa shape index (κ2) is 8.42. The van der Waals surface area contributed by atoms with Gasteiger partial charge in [-0.1, -0.05) is 40.9 Å². The Hall–Kier alpha value is -1.73. The number of piperidine rings is 1. The first kappa shape index (κ1) is 21.5. The molecule has 0 aliphatic carbocycles. The highest BCUT2D eigenvalue weighted by atomic mass is 35.6. The summed E-state index contributed by atoms with van der Waals surface area (Å²) in [6.07, 6.45) is 0.170. The van der Waals surface area contributed by atoms with Crippen molar-refractivity contribution in [2.24, 2.45) is 5.92 Å². The minimum atomic E-state index is -1.72. The van der Waals surface area contributed by atoms with E-state index in [9.17, 15) is 9.59 Å². The normalized spacial score (nSPS) is 22.1. The molecule has 1 saturated heterocycles. The fraction of sp³-hybridized carbons (Fsp3) is 0.429. The van der Waals surface area contributed by atoms with Crippen LogP contribution in [0.1, 0.15) is 28.4 Å². The predicted octanol–water partition coefficient (Wildman–Crippen LogP) is 3.40. The molecule has 1 fully saturated rings. The van der Waals surface area contributed by atoms with Gasteiger partial charge in [0.25, 0.3) is 11.5 Å². The van der Waals surface area contributed by atoms with Gasteiger partial charge in [0.05, 0.1) is 7.11 Å². The van der Waals surface area contributed by atoms with Crippen LogP contribution < -0.4 is 15.6 Å². The zero-order chi connectivity index (χ0) is 21.5. The van der Waals surface area contributed by atoms with Crippen LogP contribution in [-0.2, 0) is 6.54 Å². The number of nitrogens with zero attached hydrogens (tertiary/aromatic N) is 2. The molecule has 1 unspecified atom stereocenters. The van der Waals surface area contributed by atoms with Crippen molar-refractivity contribution in [1.29, 1.82) is 0 Å². The van der Waals surface area contributed by atoms with Crippen molar-refractivity contribution >= 4 is 40.7 Å². The van der Waals surface area contributed by atoms with Crippen molar-refractivity contribution in [2.45, 2.75) is 28.8 Å². The number of likely N-dealkylation sites (tertiary alicyclic amines) is 1. The Kier molecular flexibility index (Phi) is 6.04. The number of carbonyl (C=O) groups excluding carboxylic acids is 1. The lowest BCUT2D eigenvalue weighted by atomic mass is 9.83. The van der Waals surface area contributed by atoms with Crippen LogP contribution >= 0.6 is 34.8 Å². The zero-order valence-electron chi connectivity index (χ0n) is 16.4. The van der Waals surface area contributed by atoms with E-state index in [1.807, 2.05) is 15.5 Å². The Balaban J connectivity index is 1.56. The molecule has 2 aromatic rings. The molecule has 0 saturated carbocycles. The number of carbonyl (C=O) groups is 1. The first-order valence-electron chi connectivity index (χ1n) is 9.71. The Morgan fingerprint density at radius 2 is 1.87 bits per heavy atom. The first-order chi connectivity index (χ1) is 14.3. The number of alkyl halides is 3. The van der Waals surface area contributed by atoms with Crippen molar-refractivity contribution in [1.82, 2.24) is 14.8 Å². The third-order valence-electron chi connectivity index (χ3n) is 5.80. The molecule has 160 valence electrons. The van der Waals surface area contributed by atoms with Crippen LogP contribution in [0.4, 0.5) is 0 Å². The summed E-state index contributed by atoms with van der Waals surface area (Å²) >= 11 is 18.9. The molecule has 9 heteroatoms. The Labute approximate surface area is 189 Å². The summed E-state index contributed by atoms with van der Waals surface area (Å²) in [7, 11) is 1.56. The number of amides is 1. The van der Waals surface area contributed by atoms with E-state index < -0.39 is 9.96 Å². The van der Waals surface area contributed by atoms with Crippen LogP contribution in [0.2, 0.25) is 0 Å². The summed E-state index contributed by atoms with van der Waals surface area (Å²) in [6.45, 7) is 1.83. The molecular formula is C21H22Cl3N3O3. The smallest absolute Gasteiger partial charge is 0.252 e. The number of halogens is 3. The average Bonchev–Trinajstić information content (AvgIpc) is 2.71. The largest absolute Gasteiger partial charge is 0.497 e. The number of fused-ring (bicyclic) bond motifs is 4. The van der Waals surface area contributed by atoms with Crippen molar-refractivity contribution < 1.29 is 9.53 Å². The second-order valence-electron chi connectivity index (χ2n) is 7.80. The number of benzene rings is 1. The van der Waals surface area contributed by atoms with Crippen molar-refractivity contribution in [3.05, 3.63) is 64.1 Å². The van der Waals surface area contributed by atoms with E-state index >= 15 is 0 Å². The van der Waals surface area contributed by atoms with E-state index in [-0.39, 0.29) is 23.3 Å². The maximum absolute atomic E-state index is 12.8. The Morgan fingerprint density at radius 1 is 1.13 bits per heavy atom. The van der Waals surface area contributed by atoms with Crippen LogP contribution in [0.25, 0.3) is 0 Å². The molecule has 2 aliphatic rings. The number of pyridine rings is 1. The number of hydrogen-bond acceptors (Lipinski definition) is 4. The van der Waals surface area contributed by atoms with Crippen LogP contribution in [0, 0.1) is 5.92 Å². The van der Waals surface area contributed by atoms with Gasteiger partial charge in [0.2, 0.25) is 3.79 Å². The lowest BCUT2D eigenvalue weighted by Gasteiger charge is -2.47. The quantitative estimate of drug-likeness (QED) is 0.696. The number of aromatic nitrogens is 1. The average molecular weight is 471 g/mol. The van der Waals surface area contributed by atoms with Gasteiger partial charge in [0.1, 0.15) is 11.9 Å². The van der Waals surface area contributed by atoms with Crippen molar-refractivity contribution in [3.8, 4) is 5.75 Å². The number of rotatable bonds is 4. The second-order valence-corrected chi connectivity index (χ2v) is 10.2. The Morgan fingerprint density at radius 3 is 2.53 bits per heavy atom. The number of nitrogens with one attached hydrogen (secondary N) is 1. The predicted molar refractivity (Wildman–Crippen MR) is 118 cm³/mol. The van der Waals surface area contributed by atoms with E-state index in [2.05, 4.69) is 5.32 Å². The molecule has 3 atom stereocenters. The summed E-state index contributed by atoms with van der Waals surface area (Å²) in [6, 6.07) is 12.1. The molecule has 0 radical (unpaired) electrons. The van der Waals surface area contributed by atoms with Crippen molar-refractivity contribution in [2.75, 3.05) is 20.2 Å². The summed E-state index contributed by atoms with van der Waals surface area (Å²) in [5.41, 5.74) is 1.46. The molecule has 0 spiro atoms. The van der Waals surface area contributed by atoms with Gasteiger partial charge in [-0.2, -0.15) is 0 Å². The maximum atomic E-state index is 12.8. The van der Waals surface area contributed by atoms with Crippen molar-refractivity contribution in [3.63, 3.8) is 0 Å². The molecule has 3 heterocycles. The fourth-order valence-electron chi connectivity index (χ4n) is 4.47. The van der Waals surface area contributed by atoms with Crippen LogP contribution in [0.5, 0.6) is 5.75 Å². The molecular weight excluding hydrogens is 449 g/mol. The molecule has 4 rings (SSSR count). The molecule has 2 bridgehead atoms. The highest BCUT2D eigenvalue weighted by Gasteiger charge is 2.44. The van der Waals surface area contributed by atoms with Gasteiger partial charge >= 0.3 is 0 Å². The monoisotopic (exact) mass is 469 g/mol. The summed E-state index contributed by atoms with van der Waals surface area (Å²) < 4.78 is 5.26. The molecule has 1 N–H and O–H groups in total. The van der Waals surface area contributed by atoms with Crippen LogP contribution in [-0.4, -0.2) is 45.5 Å². The van der Waals surface area contributed by atoms with E-state index in [0.29, 0.717) is 30.9 Å². The lowest BCUT2D eigenvalue weighted by Crippen LogP contribution is -2.60. The van der Waals surface area contributed by atoms with Crippen LogP contribution in [0.15, 0.2) is 47.3 Å². The van der Waals surface area contributed by atoms with E-state index in [1.165, 1.54) is 0 Å². The van der Waals surface area contributed by atoms with E-state index in [0.717, 1.165) is 12.1 Å². The minimum absolute atomic E-state index is 0.0152. The maximum Gasteiger partial charge on any atom is 0.252 e. The molecule has 1 aromatic carbocycles. The van der Waals surface area contributed by atoms with Gasteiger partial charge in [0, 0.05) is 42.9 Å². The number of ether oxygens (including phenoxy) is 1. The van der Waals surface area contributed by atoms with Gasteiger partial charge in [-0.15, -0.1) is 0 Å². The molecule has 1 aromatic heterocycles. The third kappa shape index (κ3) is 4.33. The van der Waals surface area contributed by atoms with Gasteiger partial charge in [-0.3, -0.25) is 14.5 Å². The van der Waals surface area contributed by atoms with E-state index in [1.54, 1.807) is 43.5 Å². The highest BCUT2D eigenvalue weighted by molar-refractivity contribution is 6.68. The van der Waals surface area contributed by atoms with Gasteiger partial charge in [-0.05, 0) is 42.7 Å². The molecule has 30 heavy (non-hydrogen) atoms. The van der Waals surface area contributed by atoms with E-state index in [4.69, 9.17) is 39.5 Å². The molecule has 2 aliphatic heterocycles.